The number of carbonyl (C=O) groups is 1. The van der Waals surface area contributed by atoms with Crippen LogP contribution in [0.4, 0.5) is 11.4 Å². The van der Waals surface area contributed by atoms with Crippen molar-refractivity contribution in [3.63, 3.8) is 0 Å². The molecule has 4 rings (SSSR count). The maximum Gasteiger partial charge on any atom is 0.252 e. The van der Waals surface area contributed by atoms with E-state index in [-0.39, 0.29) is 12.1 Å². The second kappa shape index (κ2) is 8.94. The van der Waals surface area contributed by atoms with Crippen LogP contribution in [-0.4, -0.2) is 17.2 Å². The first kappa shape index (κ1) is 20.5. The first-order chi connectivity index (χ1) is 14.5. The maximum absolute atomic E-state index is 12.8. The molecule has 1 aliphatic heterocycles. The third-order valence-electron chi connectivity index (χ3n) is 4.86. The summed E-state index contributed by atoms with van der Waals surface area (Å²) < 4.78 is 0. The van der Waals surface area contributed by atoms with Crippen LogP contribution in [0.25, 0.3) is 0 Å². The Morgan fingerprint density at radius 3 is 2.60 bits per heavy atom. The fourth-order valence-corrected chi connectivity index (χ4v) is 4.56. The van der Waals surface area contributed by atoms with Crippen LogP contribution in [0.3, 0.4) is 0 Å². The van der Waals surface area contributed by atoms with Gasteiger partial charge in [-0.05, 0) is 55.3 Å². The standard InChI is InChI=1S/C24H22ClN3OS/c1-3-16-8-11-18(12-9-16)26-15(2)27-24(29)17-10-13-22-20(14-17)28-23(25)19-6-4-5-7-21(19)30-22/h4-15,26H,3H2,1-2H3,(H,27,29). The summed E-state index contributed by atoms with van der Waals surface area (Å²) in [5.41, 5.74) is 4.39. The van der Waals surface area contributed by atoms with Gasteiger partial charge in [-0.15, -0.1) is 0 Å². The van der Waals surface area contributed by atoms with Crippen molar-refractivity contribution in [1.29, 1.82) is 0 Å². The molecule has 1 atom stereocenters. The predicted octanol–water partition coefficient (Wildman–Crippen LogP) is 6.22. The van der Waals surface area contributed by atoms with Crippen molar-refractivity contribution in [1.82, 2.24) is 5.32 Å². The monoisotopic (exact) mass is 435 g/mol. The number of benzene rings is 3. The number of rotatable bonds is 5. The van der Waals surface area contributed by atoms with Crippen LogP contribution in [-0.2, 0) is 6.42 Å². The summed E-state index contributed by atoms with van der Waals surface area (Å²) in [6.45, 7) is 4.04. The molecule has 1 heterocycles. The van der Waals surface area contributed by atoms with Crippen LogP contribution in [0.15, 0.2) is 81.5 Å². The van der Waals surface area contributed by atoms with E-state index in [1.807, 2.05) is 55.5 Å². The molecule has 3 aromatic carbocycles. The van der Waals surface area contributed by atoms with E-state index < -0.39 is 0 Å². The lowest BCUT2D eigenvalue weighted by Gasteiger charge is -2.17. The van der Waals surface area contributed by atoms with E-state index in [4.69, 9.17) is 11.6 Å². The topological polar surface area (TPSA) is 53.5 Å². The van der Waals surface area contributed by atoms with E-state index in [0.717, 1.165) is 27.5 Å². The second-order valence-electron chi connectivity index (χ2n) is 7.07. The fraction of sp³-hybridized carbons (Fsp3) is 0.167. The highest BCUT2D eigenvalue weighted by atomic mass is 35.5. The number of halogens is 1. The number of nitrogens with zero attached hydrogens (tertiary/aromatic N) is 1. The van der Waals surface area contributed by atoms with Gasteiger partial charge in [-0.25, -0.2) is 4.99 Å². The summed E-state index contributed by atoms with van der Waals surface area (Å²) in [5, 5.41) is 6.72. The quantitative estimate of drug-likeness (QED) is 0.468. The van der Waals surface area contributed by atoms with Gasteiger partial charge in [0.25, 0.3) is 5.91 Å². The number of anilines is 1. The van der Waals surface area contributed by atoms with E-state index in [9.17, 15) is 4.79 Å². The van der Waals surface area contributed by atoms with Gasteiger partial charge < -0.3 is 10.6 Å². The largest absolute Gasteiger partial charge is 0.366 e. The first-order valence-electron chi connectivity index (χ1n) is 9.85. The Morgan fingerprint density at radius 1 is 1.07 bits per heavy atom. The molecule has 0 spiro atoms. The van der Waals surface area contributed by atoms with E-state index in [0.29, 0.717) is 16.4 Å². The molecule has 3 aromatic rings. The van der Waals surface area contributed by atoms with Crippen LogP contribution in [0, 0.1) is 0 Å². The first-order valence-corrected chi connectivity index (χ1v) is 11.0. The third kappa shape index (κ3) is 4.53. The van der Waals surface area contributed by atoms with Crippen LogP contribution in [0.5, 0.6) is 0 Å². The Hall–Kier alpha value is -2.76. The highest BCUT2D eigenvalue weighted by Gasteiger charge is 2.18. The lowest BCUT2D eigenvalue weighted by atomic mass is 10.1. The smallest absolute Gasteiger partial charge is 0.252 e. The molecule has 2 N–H and O–H groups in total. The molecular weight excluding hydrogens is 414 g/mol. The number of aliphatic imine (C=N–C) groups is 1. The summed E-state index contributed by atoms with van der Waals surface area (Å²) in [6.07, 6.45) is 0.773. The van der Waals surface area contributed by atoms with Crippen LogP contribution < -0.4 is 10.6 Å². The van der Waals surface area contributed by atoms with Gasteiger partial charge in [0, 0.05) is 26.6 Å². The van der Waals surface area contributed by atoms with Crippen LogP contribution in [0.1, 0.15) is 35.3 Å². The summed E-state index contributed by atoms with van der Waals surface area (Å²) in [6, 6.07) is 21.6. The van der Waals surface area contributed by atoms with Crippen molar-refractivity contribution >= 4 is 45.8 Å². The molecular formula is C24H22ClN3OS. The molecule has 0 radical (unpaired) electrons. The molecule has 1 aliphatic rings. The molecule has 1 unspecified atom stereocenters. The number of fused-ring (bicyclic) bond motifs is 2. The molecule has 0 aliphatic carbocycles. The highest BCUT2D eigenvalue weighted by molar-refractivity contribution is 7.99. The summed E-state index contributed by atoms with van der Waals surface area (Å²) in [7, 11) is 0. The SMILES string of the molecule is CCc1ccc(NC(C)NC(=O)c2ccc3c(c2)N=C(Cl)c2ccccc2S3)cc1. The van der Waals surface area contributed by atoms with Gasteiger partial charge in [0.05, 0.1) is 11.9 Å². The summed E-state index contributed by atoms with van der Waals surface area (Å²) >= 11 is 8.04. The Bertz CT molecular complexity index is 1110. The molecule has 4 nitrogen and oxygen atoms in total. The van der Waals surface area contributed by atoms with Crippen molar-refractivity contribution < 1.29 is 4.79 Å². The fourth-order valence-electron chi connectivity index (χ4n) is 3.25. The zero-order chi connectivity index (χ0) is 21.1. The van der Waals surface area contributed by atoms with Gasteiger partial charge in [-0.2, -0.15) is 0 Å². The van der Waals surface area contributed by atoms with Crippen molar-refractivity contribution in [2.24, 2.45) is 4.99 Å². The minimum Gasteiger partial charge on any atom is -0.366 e. The minimum atomic E-state index is -0.227. The van der Waals surface area contributed by atoms with E-state index in [1.54, 1.807) is 17.8 Å². The van der Waals surface area contributed by atoms with E-state index >= 15 is 0 Å². The maximum atomic E-state index is 12.8. The van der Waals surface area contributed by atoms with Gasteiger partial charge in [0.1, 0.15) is 5.17 Å². The molecule has 152 valence electrons. The molecule has 30 heavy (non-hydrogen) atoms. The summed E-state index contributed by atoms with van der Waals surface area (Å²) in [4.78, 5) is 19.4. The number of hydrogen-bond donors (Lipinski definition) is 2. The number of aryl methyl sites for hydroxylation is 1. The van der Waals surface area contributed by atoms with Gasteiger partial charge in [-0.3, -0.25) is 4.79 Å². The zero-order valence-corrected chi connectivity index (χ0v) is 18.3. The zero-order valence-electron chi connectivity index (χ0n) is 16.8. The lowest BCUT2D eigenvalue weighted by molar-refractivity contribution is 0.0944. The highest BCUT2D eigenvalue weighted by Crippen LogP contribution is 2.41. The minimum absolute atomic E-state index is 0.166. The number of carbonyl (C=O) groups excluding carboxylic acids is 1. The molecule has 6 heteroatoms. The Morgan fingerprint density at radius 2 is 1.83 bits per heavy atom. The number of amides is 1. The van der Waals surface area contributed by atoms with Crippen molar-refractivity contribution in [2.45, 2.75) is 36.2 Å². The second-order valence-corrected chi connectivity index (χ2v) is 8.52. The van der Waals surface area contributed by atoms with Gasteiger partial charge in [0.15, 0.2) is 0 Å². The number of nitrogens with one attached hydrogen (secondary N) is 2. The Kier molecular flexibility index (Phi) is 6.11. The van der Waals surface area contributed by atoms with Crippen molar-refractivity contribution in [2.75, 3.05) is 5.32 Å². The van der Waals surface area contributed by atoms with Gasteiger partial charge in [0.2, 0.25) is 0 Å². The van der Waals surface area contributed by atoms with Crippen LogP contribution in [0.2, 0.25) is 0 Å². The Labute approximate surface area is 185 Å². The molecule has 0 aromatic heterocycles. The predicted molar refractivity (Wildman–Crippen MR) is 125 cm³/mol. The third-order valence-corrected chi connectivity index (χ3v) is 6.29. The van der Waals surface area contributed by atoms with Gasteiger partial charge in [-0.1, -0.05) is 60.6 Å². The lowest BCUT2D eigenvalue weighted by Crippen LogP contribution is -2.38. The molecule has 0 fully saturated rings. The Balaban J connectivity index is 1.49. The molecule has 0 saturated heterocycles. The van der Waals surface area contributed by atoms with E-state index in [2.05, 4.69) is 34.7 Å². The van der Waals surface area contributed by atoms with E-state index in [1.165, 1.54) is 5.56 Å². The molecule has 1 amide bonds. The van der Waals surface area contributed by atoms with Gasteiger partial charge >= 0.3 is 0 Å². The number of hydrogen-bond acceptors (Lipinski definition) is 4. The van der Waals surface area contributed by atoms with Crippen LogP contribution >= 0.6 is 23.4 Å². The van der Waals surface area contributed by atoms with Crippen molar-refractivity contribution in [3.05, 3.63) is 83.4 Å². The summed E-state index contributed by atoms with van der Waals surface area (Å²) in [5.74, 6) is -0.166. The van der Waals surface area contributed by atoms with Crippen molar-refractivity contribution in [3.8, 4) is 0 Å². The molecule has 0 bridgehead atoms. The molecule has 0 saturated carbocycles. The normalized spacial score (nSPS) is 13.4. The average Bonchev–Trinajstić information content (AvgIpc) is 2.89. The average molecular weight is 436 g/mol.